The number of benzene rings is 2. The minimum Gasteiger partial charge on any atom is -0.450 e. The van der Waals surface area contributed by atoms with Crippen LogP contribution < -0.4 is 15.8 Å². The van der Waals surface area contributed by atoms with Crippen molar-refractivity contribution in [2.75, 3.05) is 49.5 Å². The zero-order chi connectivity index (χ0) is 27.5. The normalized spacial score (nSPS) is 14.5. The van der Waals surface area contributed by atoms with Gasteiger partial charge >= 0.3 is 6.09 Å². The third kappa shape index (κ3) is 5.71. The molecule has 0 aliphatic carbocycles. The Bertz CT molecular complexity index is 1540. The standard InChI is InChI=1S/C28H31ClN6O4/c1-3-39-28(38)35-11-9-34(10-12-35)20-13-17(2)25-22(15-20)32-26(33-25)24-21(7-8-30-27(24)37)31-16-23(36)18-5-4-6-19(29)14-18/h4-8,13-15,23,36H,3,9-12,16H2,1-2H3,(H,32,33)(H2,30,31,37)/t23-/m1/s1. The highest BCUT2D eigenvalue weighted by Gasteiger charge is 2.23. The predicted molar refractivity (Wildman–Crippen MR) is 153 cm³/mol. The molecule has 204 valence electrons. The van der Waals surface area contributed by atoms with Gasteiger partial charge in [0.2, 0.25) is 0 Å². The number of pyridine rings is 1. The van der Waals surface area contributed by atoms with E-state index in [2.05, 4.69) is 26.3 Å². The molecule has 39 heavy (non-hydrogen) atoms. The van der Waals surface area contributed by atoms with E-state index in [4.69, 9.17) is 21.3 Å². The van der Waals surface area contributed by atoms with Crippen LogP contribution in [0.3, 0.4) is 0 Å². The van der Waals surface area contributed by atoms with Crippen molar-refractivity contribution in [1.82, 2.24) is 19.9 Å². The Morgan fingerprint density at radius 3 is 2.74 bits per heavy atom. The number of carbonyl (C=O) groups is 1. The first kappa shape index (κ1) is 26.6. The van der Waals surface area contributed by atoms with Crippen LogP contribution in [0.4, 0.5) is 16.2 Å². The lowest BCUT2D eigenvalue weighted by Crippen LogP contribution is -2.49. The van der Waals surface area contributed by atoms with E-state index in [9.17, 15) is 14.7 Å². The Morgan fingerprint density at radius 2 is 2.00 bits per heavy atom. The summed E-state index contributed by atoms with van der Waals surface area (Å²) in [5.74, 6) is 0.430. The maximum atomic E-state index is 12.9. The van der Waals surface area contributed by atoms with E-state index in [-0.39, 0.29) is 18.2 Å². The summed E-state index contributed by atoms with van der Waals surface area (Å²) in [7, 11) is 0. The van der Waals surface area contributed by atoms with Crippen molar-refractivity contribution in [3.8, 4) is 11.4 Å². The largest absolute Gasteiger partial charge is 0.450 e. The lowest BCUT2D eigenvalue weighted by molar-refractivity contribution is 0.105. The van der Waals surface area contributed by atoms with E-state index < -0.39 is 6.10 Å². The number of H-pyrrole nitrogens is 2. The maximum Gasteiger partial charge on any atom is 0.409 e. The van der Waals surface area contributed by atoms with Gasteiger partial charge in [-0.3, -0.25) is 4.79 Å². The van der Waals surface area contributed by atoms with Gasteiger partial charge in [0.25, 0.3) is 5.56 Å². The summed E-state index contributed by atoms with van der Waals surface area (Å²) < 4.78 is 5.12. The topological polar surface area (TPSA) is 127 Å². The van der Waals surface area contributed by atoms with Gasteiger partial charge in [0.15, 0.2) is 0 Å². The molecule has 1 saturated heterocycles. The summed E-state index contributed by atoms with van der Waals surface area (Å²) in [6, 6.07) is 12.9. The van der Waals surface area contributed by atoms with E-state index in [1.165, 1.54) is 0 Å². The van der Waals surface area contributed by atoms with Gasteiger partial charge in [-0.1, -0.05) is 23.7 Å². The Morgan fingerprint density at radius 1 is 1.21 bits per heavy atom. The summed E-state index contributed by atoms with van der Waals surface area (Å²) in [5, 5.41) is 14.4. The molecule has 1 aliphatic rings. The first-order chi connectivity index (χ1) is 18.8. The number of aliphatic hydroxyl groups is 1. The lowest BCUT2D eigenvalue weighted by Gasteiger charge is -2.35. The van der Waals surface area contributed by atoms with Crippen LogP contribution >= 0.6 is 11.6 Å². The van der Waals surface area contributed by atoms with Gasteiger partial charge in [-0.25, -0.2) is 9.78 Å². The summed E-state index contributed by atoms with van der Waals surface area (Å²) >= 11 is 6.06. The second-order valence-corrected chi connectivity index (χ2v) is 9.90. The lowest BCUT2D eigenvalue weighted by atomic mass is 10.1. The van der Waals surface area contributed by atoms with Gasteiger partial charge in [-0.2, -0.15) is 0 Å². The van der Waals surface area contributed by atoms with Crippen LogP contribution in [0.15, 0.2) is 53.5 Å². The quantitative estimate of drug-likeness (QED) is 0.270. The van der Waals surface area contributed by atoms with E-state index in [0.717, 1.165) is 22.3 Å². The number of halogens is 1. The molecule has 0 radical (unpaired) electrons. The molecule has 0 unspecified atom stereocenters. The van der Waals surface area contributed by atoms with Crippen molar-refractivity contribution >= 4 is 40.1 Å². The summed E-state index contributed by atoms with van der Waals surface area (Å²) in [4.78, 5) is 39.7. The average Bonchev–Trinajstić information content (AvgIpc) is 3.36. The first-order valence-electron chi connectivity index (χ1n) is 12.9. The van der Waals surface area contributed by atoms with Crippen LogP contribution in [0.5, 0.6) is 0 Å². The van der Waals surface area contributed by atoms with E-state index in [1.54, 1.807) is 48.4 Å². The number of aliphatic hydroxyl groups excluding tert-OH is 1. The molecule has 0 spiro atoms. The van der Waals surface area contributed by atoms with Crippen LogP contribution in [-0.4, -0.2) is 70.4 Å². The number of hydrogen-bond acceptors (Lipinski definition) is 7. The van der Waals surface area contributed by atoms with Gasteiger partial charge in [0, 0.05) is 49.6 Å². The smallest absolute Gasteiger partial charge is 0.409 e. The molecule has 5 rings (SSSR count). The molecule has 3 heterocycles. The third-order valence-electron chi connectivity index (χ3n) is 6.85. The fourth-order valence-corrected chi connectivity index (χ4v) is 5.03. The van der Waals surface area contributed by atoms with Crippen LogP contribution in [0.1, 0.15) is 24.2 Å². The van der Waals surface area contributed by atoms with Crippen molar-refractivity contribution in [3.63, 3.8) is 0 Å². The molecule has 1 amide bonds. The molecule has 10 nitrogen and oxygen atoms in total. The highest BCUT2D eigenvalue weighted by atomic mass is 35.5. The summed E-state index contributed by atoms with van der Waals surface area (Å²) in [6.45, 7) is 6.87. The molecular formula is C28H31ClN6O4. The van der Waals surface area contributed by atoms with Crippen molar-refractivity contribution < 1.29 is 14.6 Å². The predicted octanol–water partition coefficient (Wildman–Crippen LogP) is 4.30. The number of nitrogens with one attached hydrogen (secondary N) is 3. The number of carbonyl (C=O) groups excluding carboxylic acids is 1. The van der Waals surface area contributed by atoms with Gasteiger partial charge < -0.3 is 34.9 Å². The molecule has 0 bridgehead atoms. The van der Waals surface area contributed by atoms with E-state index in [1.807, 2.05) is 13.0 Å². The molecule has 1 aliphatic heterocycles. The molecule has 4 N–H and O–H groups in total. The monoisotopic (exact) mass is 550 g/mol. The van der Waals surface area contributed by atoms with Gasteiger partial charge in [-0.15, -0.1) is 0 Å². The summed E-state index contributed by atoms with van der Waals surface area (Å²) in [6.07, 6.45) is 0.460. The molecule has 2 aromatic heterocycles. The number of aromatic amines is 2. The maximum absolute atomic E-state index is 12.9. The number of hydrogen-bond donors (Lipinski definition) is 4. The number of aryl methyl sites for hydroxylation is 1. The Balaban J connectivity index is 1.38. The number of fused-ring (bicyclic) bond motifs is 1. The molecule has 1 fully saturated rings. The fourth-order valence-electron chi connectivity index (χ4n) is 4.83. The molecule has 1 atom stereocenters. The number of ether oxygens (including phenoxy) is 1. The number of rotatable bonds is 7. The summed E-state index contributed by atoms with van der Waals surface area (Å²) in [5.41, 5.74) is 4.84. The first-order valence-corrected chi connectivity index (χ1v) is 13.3. The number of anilines is 2. The highest BCUT2D eigenvalue weighted by Crippen LogP contribution is 2.30. The molecular weight excluding hydrogens is 520 g/mol. The number of piperazine rings is 1. The number of aromatic nitrogens is 3. The number of amides is 1. The SMILES string of the molecule is CCOC(=O)N1CCN(c2cc(C)c3nc(-c4c(NC[C@@H](O)c5cccc(Cl)c5)cc[nH]c4=O)[nH]c3c2)CC1. The molecule has 0 saturated carbocycles. The molecule has 2 aromatic carbocycles. The fraction of sp³-hybridized carbons (Fsp3) is 0.321. The minimum absolute atomic E-state index is 0.179. The van der Waals surface area contributed by atoms with Crippen molar-refractivity contribution in [2.24, 2.45) is 0 Å². The van der Waals surface area contributed by atoms with Crippen LogP contribution in [0.25, 0.3) is 22.4 Å². The molecule has 4 aromatic rings. The second kappa shape index (κ2) is 11.4. The van der Waals surface area contributed by atoms with Crippen LogP contribution in [-0.2, 0) is 4.74 Å². The minimum atomic E-state index is -0.819. The van der Waals surface area contributed by atoms with Gasteiger partial charge in [0.05, 0.1) is 29.4 Å². The molecule has 11 heteroatoms. The van der Waals surface area contributed by atoms with E-state index >= 15 is 0 Å². The van der Waals surface area contributed by atoms with Crippen LogP contribution in [0.2, 0.25) is 5.02 Å². The van der Waals surface area contributed by atoms with Crippen molar-refractivity contribution in [1.29, 1.82) is 0 Å². The number of imidazole rings is 1. The van der Waals surface area contributed by atoms with E-state index in [0.29, 0.717) is 60.4 Å². The Kier molecular flexibility index (Phi) is 7.76. The zero-order valence-corrected chi connectivity index (χ0v) is 22.6. The highest BCUT2D eigenvalue weighted by molar-refractivity contribution is 6.30. The van der Waals surface area contributed by atoms with Crippen molar-refractivity contribution in [2.45, 2.75) is 20.0 Å². The van der Waals surface area contributed by atoms with Gasteiger partial charge in [-0.05, 0) is 55.3 Å². The Labute approximate surface area is 230 Å². The second-order valence-electron chi connectivity index (χ2n) is 9.46. The zero-order valence-electron chi connectivity index (χ0n) is 21.8. The van der Waals surface area contributed by atoms with Crippen molar-refractivity contribution in [3.05, 3.63) is 75.2 Å². The van der Waals surface area contributed by atoms with Gasteiger partial charge in [0.1, 0.15) is 11.4 Å². The number of nitrogens with zero attached hydrogens (tertiary/aromatic N) is 3. The Hall–Kier alpha value is -4.02. The average molecular weight is 551 g/mol. The van der Waals surface area contributed by atoms with Crippen LogP contribution in [0, 0.1) is 6.92 Å². The third-order valence-corrected chi connectivity index (χ3v) is 7.08.